The molecule has 3 aromatic carbocycles. The fourth-order valence-corrected chi connectivity index (χ4v) is 3.19. The maximum absolute atomic E-state index is 12.8. The van der Waals surface area contributed by atoms with Crippen LogP contribution in [0.5, 0.6) is 0 Å². The van der Waals surface area contributed by atoms with E-state index in [1.165, 1.54) is 0 Å². The van der Waals surface area contributed by atoms with Gasteiger partial charge in [0.2, 0.25) is 5.91 Å². The smallest absolute Gasteiger partial charge is 0.251 e. The third kappa shape index (κ3) is 3.53. The SMILES string of the molecule is O=C(NC1CN(c2ccccc2)c2ccccc2NC1=O)c1ccccc1. The van der Waals surface area contributed by atoms with Gasteiger partial charge >= 0.3 is 0 Å². The average molecular weight is 357 g/mol. The largest absolute Gasteiger partial charge is 0.339 e. The summed E-state index contributed by atoms with van der Waals surface area (Å²) in [5.41, 5.74) is 3.11. The first-order chi connectivity index (χ1) is 13.2. The van der Waals surface area contributed by atoms with Crippen LogP contribution in [0, 0.1) is 0 Å². The Labute approximate surface area is 157 Å². The number of hydrogen-bond donors (Lipinski definition) is 2. The first-order valence-corrected chi connectivity index (χ1v) is 8.81. The predicted molar refractivity (Wildman–Crippen MR) is 106 cm³/mol. The van der Waals surface area contributed by atoms with Crippen LogP contribution in [0.3, 0.4) is 0 Å². The molecular formula is C22H19N3O2. The molecule has 1 atom stereocenters. The van der Waals surface area contributed by atoms with Crippen molar-refractivity contribution in [1.29, 1.82) is 0 Å². The third-order valence-electron chi connectivity index (χ3n) is 4.54. The maximum atomic E-state index is 12.8. The van der Waals surface area contributed by atoms with Crippen molar-refractivity contribution in [3.63, 3.8) is 0 Å². The Hall–Kier alpha value is -3.60. The van der Waals surface area contributed by atoms with Crippen molar-refractivity contribution in [1.82, 2.24) is 5.32 Å². The fraction of sp³-hybridized carbons (Fsp3) is 0.0909. The van der Waals surface area contributed by atoms with Crippen LogP contribution in [-0.2, 0) is 4.79 Å². The van der Waals surface area contributed by atoms with Gasteiger partial charge in [-0.1, -0.05) is 48.5 Å². The monoisotopic (exact) mass is 357 g/mol. The highest BCUT2D eigenvalue weighted by Crippen LogP contribution is 2.34. The third-order valence-corrected chi connectivity index (χ3v) is 4.54. The number of carbonyl (C=O) groups excluding carboxylic acids is 2. The predicted octanol–water partition coefficient (Wildman–Crippen LogP) is 3.58. The Balaban J connectivity index is 1.67. The lowest BCUT2D eigenvalue weighted by atomic mass is 10.1. The zero-order valence-corrected chi connectivity index (χ0v) is 14.6. The molecule has 27 heavy (non-hydrogen) atoms. The van der Waals surface area contributed by atoms with Gasteiger partial charge in [-0.2, -0.15) is 0 Å². The summed E-state index contributed by atoms with van der Waals surface area (Å²) < 4.78 is 0. The summed E-state index contributed by atoms with van der Waals surface area (Å²) in [5, 5.41) is 5.80. The Kier molecular flexibility index (Phi) is 4.58. The fourth-order valence-electron chi connectivity index (χ4n) is 3.19. The molecule has 5 heteroatoms. The van der Waals surface area contributed by atoms with Crippen LogP contribution in [0.1, 0.15) is 10.4 Å². The number of anilines is 3. The summed E-state index contributed by atoms with van der Waals surface area (Å²) in [5.74, 6) is -0.500. The van der Waals surface area contributed by atoms with E-state index in [-0.39, 0.29) is 11.8 Å². The van der Waals surface area contributed by atoms with E-state index in [0.29, 0.717) is 12.1 Å². The molecule has 1 heterocycles. The number of amides is 2. The zero-order valence-electron chi connectivity index (χ0n) is 14.6. The number of hydrogen-bond acceptors (Lipinski definition) is 3. The molecule has 3 aromatic rings. The molecule has 0 bridgehead atoms. The van der Waals surface area contributed by atoms with Crippen LogP contribution in [0.25, 0.3) is 0 Å². The Bertz CT molecular complexity index is 958. The van der Waals surface area contributed by atoms with Crippen molar-refractivity contribution in [3.05, 3.63) is 90.5 Å². The van der Waals surface area contributed by atoms with Gasteiger partial charge < -0.3 is 15.5 Å². The van der Waals surface area contributed by atoms with Crippen molar-refractivity contribution >= 4 is 28.9 Å². The Morgan fingerprint density at radius 1 is 0.889 bits per heavy atom. The average Bonchev–Trinajstić information content (AvgIpc) is 2.86. The van der Waals surface area contributed by atoms with E-state index < -0.39 is 6.04 Å². The van der Waals surface area contributed by atoms with E-state index in [1.54, 1.807) is 24.3 Å². The summed E-state index contributed by atoms with van der Waals surface area (Å²) in [7, 11) is 0. The van der Waals surface area contributed by atoms with E-state index in [1.807, 2.05) is 65.6 Å². The molecule has 0 fully saturated rings. The molecule has 2 amide bonds. The minimum absolute atomic E-state index is 0.231. The van der Waals surface area contributed by atoms with E-state index in [2.05, 4.69) is 10.6 Å². The molecule has 1 aliphatic heterocycles. The molecule has 5 nitrogen and oxygen atoms in total. The van der Waals surface area contributed by atoms with Gasteiger partial charge in [-0.05, 0) is 36.4 Å². The molecule has 0 radical (unpaired) electrons. The van der Waals surface area contributed by atoms with E-state index in [0.717, 1.165) is 17.1 Å². The molecule has 4 rings (SSSR count). The number of rotatable bonds is 3. The van der Waals surface area contributed by atoms with Crippen LogP contribution in [0.4, 0.5) is 17.1 Å². The molecule has 1 aliphatic rings. The Morgan fingerprint density at radius 2 is 1.52 bits per heavy atom. The highest BCUT2D eigenvalue weighted by atomic mass is 16.2. The maximum Gasteiger partial charge on any atom is 0.251 e. The number of fused-ring (bicyclic) bond motifs is 1. The summed E-state index contributed by atoms with van der Waals surface area (Å²) >= 11 is 0. The summed E-state index contributed by atoms with van der Waals surface area (Å²) in [6, 6.07) is 25.7. The highest BCUT2D eigenvalue weighted by Gasteiger charge is 2.30. The van der Waals surface area contributed by atoms with Gasteiger partial charge in [-0.3, -0.25) is 9.59 Å². The molecule has 1 unspecified atom stereocenters. The minimum atomic E-state index is -0.690. The van der Waals surface area contributed by atoms with E-state index in [9.17, 15) is 9.59 Å². The van der Waals surface area contributed by atoms with Gasteiger partial charge in [-0.15, -0.1) is 0 Å². The van der Waals surface area contributed by atoms with Gasteiger partial charge in [0.25, 0.3) is 5.91 Å². The first-order valence-electron chi connectivity index (χ1n) is 8.81. The van der Waals surface area contributed by atoms with E-state index >= 15 is 0 Å². The van der Waals surface area contributed by atoms with Gasteiger partial charge in [0.05, 0.1) is 17.9 Å². The molecule has 0 saturated carbocycles. The second kappa shape index (κ2) is 7.33. The summed E-state index contributed by atoms with van der Waals surface area (Å²) in [6.45, 7) is 0.339. The lowest BCUT2D eigenvalue weighted by molar-refractivity contribution is -0.117. The molecule has 0 saturated heterocycles. The molecule has 0 aliphatic carbocycles. The Morgan fingerprint density at radius 3 is 2.26 bits per heavy atom. The van der Waals surface area contributed by atoms with Crippen molar-refractivity contribution in [3.8, 4) is 0 Å². The number of nitrogens with zero attached hydrogens (tertiary/aromatic N) is 1. The minimum Gasteiger partial charge on any atom is -0.339 e. The zero-order chi connectivity index (χ0) is 18.6. The van der Waals surface area contributed by atoms with Crippen molar-refractivity contribution in [2.75, 3.05) is 16.8 Å². The van der Waals surface area contributed by atoms with Crippen LogP contribution in [-0.4, -0.2) is 24.4 Å². The number of benzene rings is 3. The van der Waals surface area contributed by atoms with Gasteiger partial charge in [0.15, 0.2) is 0 Å². The van der Waals surface area contributed by atoms with Crippen LogP contribution in [0.15, 0.2) is 84.9 Å². The van der Waals surface area contributed by atoms with Crippen LogP contribution in [0.2, 0.25) is 0 Å². The van der Waals surface area contributed by atoms with Crippen LogP contribution >= 0.6 is 0 Å². The number of nitrogens with one attached hydrogen (secondary N) is 2. The van der Waals surface area contributed by atoms with Crippen molar-refractivity contribution in [2.24, 2.45) is 0 Å². The highest BCUT2D eigenvalue weighted by molar-refractivity contribution is 6.04. The topological polar surface area (TPSA) is 61.4 Å². The number of carbonyl (C=O) groups is 2. The lowest BCUT2D eigenvalue weighted by Crippen LogP contribution is -2.48. The second-order valence-electron chi connectivity index (χ2n) is 6.34. The first kappa shape index (κ1) is 16.8. The van der Waals surface area contributed by atoms with Gasteiger partial charge in [0, 0.05) is 11.3 Å². The second-order valence-corrected chi connectivity index (χ2v) is 6.34. The van der Waals surface area contributed by atoms with Crippen molar-refractivity contribution < 1.29 is 9.59 Å². The van der Waals surface area contributed by atoms with E-state index in [4.69, 9.17) is 0 Å². The molecule has 134 valence electrons. The summed E-state index contributed by atoms with van der Waals surface area (Å²) in [6.07, 6.45) is 0. The number of para-hydroxylation sites is 3. The van der Waals surface area contributed by atoms with Crippen LogP contribution < -0.4 is 15.5 Å². The normalized spacial score (nSPS) is 16.1. The molecule has 0 aromatic heterocycles. The molecule has 2 N–H and O–H groups in total. The standard InChI is InChI=1S/C22H19N3O2/c26-21(16-9-3-1-4-10-16)24-19-15-25(17-11-5-2-6-12-17)20-14-8-7-13-18(20)23-22(19)27/h1-14,19H,15H2,(H,23,27)(H,24,26). The summed E-state index contributed by atoms with van der Waals surface area (Å²) in [4.78, 5) is 27.4. The quantitative estimate of drug-likeness (QED) is 0.753. The molecular weight excluding hydrogens is 338 g/mol. The molecule has 0 spiro atoms. The van der Waals surface area contributed by atoms with Gasteiger partial charge in [-0.25, -0.2) is 0 Å². The van der Waals surface area contributed by atoms with Gasteiger partial charge in [0.1, 0.15) is 6.04 Å². The van der Waals surface area contributed by atoms with Crippen molar-refractivity contribution in [2.45, 2.75) is 6.04 Å². The lowest BCUT2D eigenvalue weighted by Gasteiger charge is -2.27.